The van der Waals surface area contributed by atoms with Crippen LogP contribution in [0.25, 0.3) is 10.8 Å². The minimum atomic E-state index is 0.622. The minimum absolute atomic E-state index is 0.622. The summed E-state index contributed by atoms with van der Waals surface area (Å²) < 4.78 is 0. The first-order valence-corrected chi connectivity index (χ1v) is 5.35. The van der Waals surface area contributed by atoms with E-state index in [0.717, 1.165) is 16.5 Å². The van der Waals surface area contributed by atoms with E-state index < -0.39 is 0 Å². The van der Waals surface area contributed by atoms with Crippen LogP contribution in [0.15, 0.2) is 24.5 Å². The molecule has 2 aromatic heterocycles. The normalized spacial score (nSPS) is 16.5. The van der Waals surface area contributed by atoms with Crippen molar-refractivity contribution in [3.05, 3.63) is 30.2 Å². The average Bonchev–Trinajstić information content (AvgIpc) is 2.15. The molecule has 3 rings (SSSR count). The molecular formula is C12H13N3. The van der Waals surface area contributed by atoms with Gasteiger partial charge in [0, 0.05) is 34.8 Å². The van der Waals surface area contributed by atoms with Gasteiger partial charge in [-0.3, -0.25) is 4.98 Å². The molecule has 0 unspecified atom stereocenters. The second-order valence-corrected chi connectivity index (χ2v) is 4.16. The van der Waals surface area contributed by atoms with E-state index in [2.05, 4.69) is 16.0 Å². The molecule has 0 atom stereocenters. The molecule has 2 aromatic rings. The zero-order valence-corrected chi connectivity index (χ0v) is 8.48. The smallest absolute Gasteiger partial charge is 0.131 e. The average molecular weight is 199 g/mol. The number of fused-ring (bicyclic) bond motifs is 1. The monoisotopic (exact) mass is 199 g/mol. The molecule has 0 bridgehead atoms. The van der Waals surface area contributed by atoms with Crippen LogP contribution in [0, 0.1) is 0 Å². The van der Waals surface area contributed by atoms with Gasteiger partial charge in [0.2, 0.25) is 0 Å². The van der Waals surface area contributed by atoms with E-state index in [9.17, 15) is 0 Å². The van der Waals surface area contributed by atoms with Crippen molar-refractivity contribution in [3.8, 4) is 0 Å². The van der Waals surface area contributed by atoms with Crippen LogP contribution in [0.2, 0.25) is 0 Å². The highest BCUT2D eigenvalue weighted by Gasteiger charge is 2.21. The number of anilines is 1. The molecule has 0 spiro atoms. The molecule has 3 heteroatoms. The van der Waals surface area contributed by atoms with E-state index in [1.54, 1.807) is 6.20 Å². The van der Waals surface area contributed by atoms with E-state index in [0.29, 0.717) is 11.7 Å². The van der Waals surface area contributed by atoms with Gasteiger partial charge in [-0.2, -0.15) is 0 Å². The topological polar surface area (TPSA) is 51.8 Å². The van der Waals surface area contributed by atoms with Crippen molar-refractivity contribution in [1.82, 2.24) is 9.97 Å². The third kappa shape index (κ3) is 1.35. The Morgan fingerprint density at radius 2 is 2.20 bits per heavy atom. The Balaban J connectivity index is 2.18. The highest BCUT2D eigenvalue weighted by atomic mass is 14.9. The highest BCUT2D eigenvalue weighted by molar-refractivity contribution is 5.90. The van der Waals surface area contributed by atoms with Crippen molar-refractivity contribution in [2.75, 3.05) is 5.73 Å². The van der Waals surface area contributed by atoms with Crippen LogP contribution in [-0.2, 0) is 0 Å². The number of aromatic nitrogens is 2. The second-order valence-electron chi connectivity index (χ2n) is 4.16. The van der Waals surface area contributed by atoms with Gasteiger partial charge in [-0.1, -0.05) is 6.42 Å². The maximum atomic E-state index is 5.93. The van der Waals surface area contributed by atoms with Crippen molar-refractivity contribution in [1.29, 1.82) is 0 Å². The summed E-state index contributed by atoms with van der Waals surface area (Å²) in [6.07, 6.45) is 7.42. The predicted octanol–water partition coefficient (Wildman–Crippen LogP) is 2.48. The van der Waals surface area contributed by atoms with Gasteiger partial charge in [0.05, 0.1) is 0 Å². The Morgan fingerprint density at radius 3 is 2.93 bits per heavy atom. The third-order valence-corrected chi connectivity index (χ3v) is 3.20. The van der Waals surface area contributed by atoms with Crippen molar-refractivity contribution in [2.24, 2.45) is 0 Å². The zero-order valence-electron chi connectivity index (χ0n) is 8.48. The predicted molar refractivity (Wildman–Crippen MR) is 60.5 cm³/mol. The van der Waals surface area contributed by atoms with Gasteiger partial charge in [0.1, 0.15) is 5.82 Å². The molecule has 1 aliphatic carbocycles. The lowest BCUT2D eigenvalue weighted by molar-refractivity contribution is 0.412. The SMILES string of the molecule is Nc1nc(C2CCC2)cc2cnccc12. The van der Waals surface area contributed by atoms with Crippen LogP contribution < -0.4 is 5.73 Å². The fourth-order valence-electron chi connectivity index (χ4n) is 2.06. The molecule has 1 saturated carbocycles. The highest BCUT2D eigenvalue weighted by Crippen LogP contribution is 2.36. The number of pyridine rings is 2. The maximum absolute atomic E-state index is 5.93. The Kier molecular flexibility index (Phi) is 1.84. The van der Waals surface area contributed by atoms with Crippen molar-refractivity contribution >= 4 is 16.6 Å². The Bertz CT molecular complexity index is 503. The van der Waals surface area contributed by atoms with Gasteiger partial charge < -0.3 is 5.73 Å². The van der Waals surface area contributed by atoms with Gasteiger partial charge in [-0.15, -0.1) is 0 Å². The summed E-state index contributed by atoms with van der Waals surface area (Å²) in [5, 5.41) is 2.11. The molecule has 0 amide bonds. The summed E-state index contributed by atoms with van der Waals surface area (Å²) in [6.45, 7) is 0. The summed E-state index contributed by atoms with van der Waals surface area (Å²) in [4.78, 5) is 8.59. The quantitative estimate of drug-likeness (QED) is 0.767. The lowest BCUT2D eigenvalue weighted by atomic mass is 9.82. The van der Waals surface area contributed by atoms with Crippen LogP contribution in [-0.4, -0.2) is 9.97 Å². The standard InChI is InChI=1S/C12H13N3/c13-12-10-4-5-14-7-9(10)6-11(15-12)8-2-1-3-8/h4-8H,1-3H2,(H2,13,15). The van der Waals surface area contributed by atoms with E-state index in [-0.39, 0.29) is 0 Å². The number of nitrogens with zero attached hydrogens (tertiary/aromatic N) is 2. The van der Waals surface area contributed by atoms with Crippen LogP contribution in [0.1, 0.15) is 30.9 Å². The summed E-state index contributed by atoms with van der Waals surface area (Å²) in [7, 11) is 0. The Labute approximate surface area is 88.3 Å². The maximum Gasteiger partial charge on any atom is 0.131 e. The molecule has 76 valence electrons. The summed E-state index contributed by atoms with van der Waals surface area (Å²) in [5.74, 6) is 1.26. The lowest BCUT2D eigenvalue weighted by Gasteiger charge is -2.25. The molecular weight excluding hydrogens is 186 g/mol. The van der Waals surface area contributed by atoms with E-state index in [1.165, 1.54) is 19.3 Å². The first-order valence-electron chi connectivity index (χ1n) is 5.35. The number of nitrogens with two attached hydrogens (primary N) is 1. The molecule has 0 radical (unpaired) electrons. The first-order chi connectivity index (χ1) is 7.34. The summed E-state index contributed by atoms with van der Waals surface area (Å²) >= 11 is 0. The molecule has 0 saturated heterocycles. The number of nitrogen functional groups attached to an aromatic ring is 1. The van der Waals surface area contributed by atoms with Crippen LogP contribution in [0.3, 0.4) is 0 Å². The molecule has 15 heavy (non-hydrogen) atoms. The Hall–Kier alpha value is -1.64. The van der Waals surface area contributed by atoms with Crippen molar-refractivity contribution in [2.45, 2.75) is 25.2 Å². The van der Waals surface area contributed by atoms with E-state index >= 15 is 0 Å². The molecule has 2 heterocycles. The number of rotatable bonds is 1. The van der Waals surface area contributed by atoms with Crippen molar-refractivity contribution < 1.29 is 0 Å². The second kappa shape index (κ2) is 3.19. The first kappa shape index (κ1) is 8.65. The van der Waals surface area contributed by atoms with Crippen LogP contribution >= 0.6 is 0 Å². The van der Waals surface area contributed by atoms with Gasteiger partial charge >= 0.3 is 0 Å². The third-order valence-electron chi connectivity index (χ3n) is 3.20. The van der Waals surface area contributed by atoms with E-state index in [1.807, 2.05) is 12.3 Å². The summed E-state index contributed by atoms with van der Waals surface area (Å²) in [5.41, 5.74) is 7.07. The van der Waals surface area contributed by atoms with Crippen LogP contribution in [0.4, 0.5) is 5.82 Å². The zero-order chi connectivity index (χ0) is 10.3. The molecule has 0 aliphatic heterocycles. The lowest BCUT2D eigenvalue weighted by Crippen LogP contribution is -2.11. The van der Waals surface area contributed by atoms with Gasteiger partial charge in [0.25, 0.3) is 0 Å². The molecule has 2 N–H and O–H groups in total. The van der Waals surface area contributed by atoms with Crippen LogP contribution in [0.5, 0.6) is 0 Å². The molecule has 3 nitrogen and oxygen atoms in total. The van der Waals surface area contributed by atoms with Gasteiger partial charge in [-0.25, -0.2) is 4.98 Å². The van der Waals surface area contributed by atoms with Gasteiger partial charge in [0.15, 0.2) is 0 Å². The van der Waals surface area contributed by atoms with Gasteiger partial charge in [-0.05, 0) is 25.0 Å². The number of hydrogen-bond donors (Lipinski definition) is 1. The van der Waals surface area contributed by atoms with E-state index in [4.69, 9.17) is 5.73 Å². The number of hydrogen-bond acceptors (Lipinski definition) is 3. The molecule has 0 aromatic carbocycles. The fourth-order valence-corrected chi connectivity index (χ4v) is 2.06. The van der Waals surface area contributed by atoms with Crippen molar-refractivity contribution in [3.63, 3.8) is 0 Å². The Morgan fingerprint density at radius 1 is 1.33 bits per heavy atom. The fraction of sp³-hybridized carbons (Fsp3) is 0.333. The minimum Gasteiger partial charge on any atom is -0.383 e. The largest absolute Gasteiger partial charge is 0.383 e. The summed E-state index contributed by atoms with van der Waals surface area (Å²) in [6, 6.07) is 4.05. The molecule has 1 fully saturated rings. The molecule has 1 aliphatic rings.